The van der Waals surface area contributed by atoms with E-state index in [4.69, 9.17) is 10.5 Å². The Balaban J connectivity index is 2.01. The van der Waals surface area contributed by atoms with Crippen molar-refractivity contribution in [2.45, 2.75) is 36.7 Å². The number of methoxy groups -OCH3 is 1. The molecule has 178 valence electrons. The minimum atomic E-state index is -3.51. The van der Waals surface area contributed by atoms with E-state index in [9.17, 15) is 13.0 Å². The van der Waals surface area contributed by atoms with E-state index < -0.39 is 28.0 Å². The van der Waals surface area contributed by atoms with Gasteiger partial charge in [-0.1, -0.05) is 18.2 Å². The molecule has 0 aliphatic carbocycles. The number of allylic oxidation sites excluding steroid dienone is 1. The quantitative estimate of drug-likeness (QED) is 0.509. The van der Waals surface area contributed by atoms with Crippen LogP contribution in [0.15, 0.2) is 63.7 Å². The molecule has 1 unspecified atom stereocenters. The van der Waals surface area contributed by atoms with Crippen molar-refractivity contribution in [3.05, 3.63) is 59.4 Å². The number of nitrogens with zero attached hydrogens (tertiary/aromatic N) is 1. The monoisotopic (exact) mass is 490 g/mol. The molecule has 33 heavy (non-hydrogen) atoms. The molecule has 8 nitrogen and oxygen atoms in total. The molecule has 10 heteroatoms. The number of sulfone groups is 1. The highest BCUT2D eigenvalue weighted by Gasteiger charge is 2.34. The summed E-state index contributed by atoms with van der Waals surface area (Å²) in [7, 11) is -4.49. The number of nitrogens with one attached hydrogen (secondary N) is 2. The van der Waals surface area contributed by atoms with Crippen LogP contribution in [0.25, 0.3) is 0 Å². The summed E-state index contributed by atoms with van der Waals surface area (Å²) in [6, 6.07) is 12.0. The van der Waals surface area contributed by atoms with E-state index in [1.54, 1.807) is 75.9 Å². The first-order chi connectivity index (χ1) is 15.3. The third kappa shape index (κ3) is 5.00. The van der Waals surface area contributed by atoms with Crippen molar-refractivity contribution < 1.29 is 17.7 Å². The Morgan fingerprint density at radius 1 is 1.18 bits per heavy atom. The maximum atomic E-state index is 12.9. The Morgan fingerprint density at radius 3 is 2.45 bits per heavy atom. The van der Waals surface area contributed by atoms with Gasteiger partial charge in [0.2, 0.25) is 5.79 Å². The number of benzene rings is 2. The van der Waals surface area contributed by atoms with E-state index in [1.807, 2.05) is 6.92 Å². The van der Waals surface area contributed by atoms with Crippen LogP contribution in [-0.4, -0.2) is 40.3 Å². The molecular formula is C23H31N4O4PS. The van der Waals surface area contributed by atoms with Crippen LogP contribution in [0.2, 0.25) is 0 Å². The second kappa shape index (κ2) is 8.97. The van der Waals surface area contributed by atoms with Gasteiger partial charge in [0.25, 0.3) is 0 Å². The summed E-state index contributed by atoms with van der Waals surface area (Å²) in [5.74, 6) is -0.421. The first kappa shape index (κ1) is 25.0. The van der Waals surface area contributed by atoms with Gasteiger partial charge in [0.1, 0.15) is 18.7 Å². The van der Waals surface area contributed by atoms with E-state index in [0.717, 1.165) is 5.57 Å². The van der Waals surface area contributed by atoms with Gasteiger partial charge < -0.3 is 19.9 Å². The summed E-state index contributed by atoms with van der Waals surface area (Å²) < 4.78 is 43.8. The Hall–Kier alpha value is -2.61. The van der Waals surface area contributed by atoms with E-state index in [-0.39, 0.29) is 4.90 Å². The number of rotatable bonds is 7. The fourth-order valence-electron chi connectivity index (χ4n) is 3.39. The maximum Gasteiger partial charge on any atom is 0.213 e. The third-order valence-corrected chi connectivity index (χ3v) is 9.20. The van der Waals surface area contributed by atoms with Gasteiger partial charge in [0.05, 0.1) is 28.5 Å². The summed E-state index contributed by atoms with van der Waals surface area (Å²) in [4.78, 5) is 4.69. The fraction of sp³-hybridized carbons (Fsp3) is 0.348. The molecule has 2 aromatic rings. The zero-order valence-corrected chi connectivity index (χ0v) is 21.4. The summed E-state index contributed by atoms with van der Waals surface area (Å²) in [5.41, 5.74) is 8.37. The third-order valence-electron chi connectivity index (χ3n) is 5.46. The van der Waals surface area contributed by atoms with Crippen LogP contribution in [-0.2, 0) is 20.2 Å². The summed E-state index contributed by atoms with van der Waals surface area (Å²) in [6.07, 6.45) is 1.62. The number of nitrogens with two attached hydrogens (primary N) is 1. The smallest absolute Gasteiger partial charge is 0.213 e. The Bertz CT molecular complexity index is 1280. The summed E-state index contributed by atoms with van der Waals surface area (Å²) >= 11 is 0. The van der Waals surface area contributed by atoms with Gasteiger partial charge in [-0.05, 0) is 58.4 Å². The number of para-hydroxylation sites is 1. The molecule has 0 fully saturated rings. The van der Waals surface area contributed by atoms with Crippen LogP contribution in [0.4, 0.5) is 5.69 Å². The van der Waals surface area contributed by atoms with Crippen LogP contribution in [0.5, 0.6) is 5.75 Å². The lowest BCUT2D eigenvalue weighted by Crippen LogP contribution is -2.52. The number of hydrogen-bond donors (Lipinski definition) is 3. The number of aliphatic imine (C=N–C) groups is 1. The molecule has 1 aliphatic rings. The van der Waals surface area contributed by atoms with Crippen molar-refractivity contribution in [1.82, 2.24) is 5.32 Å². The molecule has 0 spiro atoms. The zero-order valence-electron chi connectivity index (χ0n) is 19.7. The van der Waals surface area contributed by atoms with E-state index in [0.29, 0.717) is 28.1 Å². The van der Waals surface area contributed by atoms with Gasteiger partial charge in [-0.15, -0.1) is 0 Å². The van der Waals surface area contributed by atoms with Gasteiger partial charge in [0, 0.05) is 17.1 Å². The molecule has 0 radical (unpaired) electrons. The number of anilines is 1. The van der Waals surface area contributed by atoms with E-state index in [1.165, 1.54) is 7.11 Å². The highest BCUT2D eigenvalue weighted by atomic mass is 32.2. The number of hydrogen-bond acceptors (Lipinski definition) is 8. The average molecular weight is 491 g/mol. The van der Waals surface area contributed by atoms with Crippen molar-refractivity contribution in [3.8, 4) is 5.75 Å². The normalized spacial score (nSPS) is 18.9. The van der Waals surface area contributed by atoms with Crippen molar-refractivity contribution in [1.29, 1.82) is 0 Å². The van der Waals surface area contributed by atoms with E-state index in [2.05, 4.69) is 15.6 Å². The molecule has 0 aromatic heterocycles. The van der Waals surface area contributed by atoms with E-state index >= 15 is 0 Å². The van der Waals surface area contributed by atoms with Gasteiger partial charge >= 0.3 is 0 Å². The number of ether oxygens (including phenoxy) is 1. The lowest BCUT2D eigenvalue weighted by atomic mass is 10.1. The molecule has 1 atom stereocenters. The Morgan fingerprint density at radius 2 is 1.85 bits per heavy atom. The topological polar surface area (TPSA) is 123 Å². The second-order valence-corrected chi connectivity index (χ2v) is 14.3. The maximum absolute atomic E-state index is 12.9. The van der Waals surface area contributed by atoms with Gasteiger partial charge in [-0.25, -0.2) is 13.4 Å². The molecule has 0 bridgehead atoms. The predicted octanol–water partition coefficient (Wildman–Crippen LogP) is 3.21. The molecule has 0 saturated carbocycles. The standard InChI is InChI=1S/C23H31N4O4PS/c1-15(2)33(29,30)21-10-8-7-9-19(21)26-22-16(3)14-25-23(24,27-22)18-12-11-17(32(5,6)28)13-20(18)31-4/h7-15,26-27H,24H2,1-6H3. The summed E-state index contributed by atoms with van der Waals surface area (Å²) in [6.45, 7) is 8.51. The molecular weight excluding hydrogens is 459 g/mol. The van der Waals surface area contributed by atoms with Crippen LogP contribution in [0.3, 0.4) is 0 Å². The highest BCUT2D eigenvalue weighted by Crippen LogP contribution is 2.38. The van der Waals surface area contributed by atoms with Crippen molar-refractivity contribution in [2.24, 2.45) is 10.7 Å². The molecule has 1 heterocycles. The van der Waals surface area contributed by atoms with Crippen molar-refractivity contribution >= 4 is 34.2 Å². The minimum Gasteiger partial charge on any atom is -0.496 e. The predicted molar refractivity (Wildman–Crippen MR) is 135 cm³/mol. The zero-order chi connectivity index (χ0) is 24.6. The first-order valence-corrected chi connectivity index (χ1v) is 14.6. The first-order valence-electron chi connectivity index (χ1n) is 10.5. The molecule has 0 saturated heterocycles. The van der Waals surface area contributed by atoms with Crippen LogP contribution in [0.1, 0.15) is 26.3 Å². The van der Waals surface area contributed by atoms with Gasteiger partial charge in [-0.3, -0.25) is 5.73 Å². The Labute approximate surface area is 195 Å². The van der Waals surface area contributed by atoms with Crippen molar-refractivity contribution in [2.75, 3.05) is 25.8 Å². The molecule has 3 rings (SSSR count). The van der Waals surface area contributed by atoms with Crippen LogP contribution in [0, 0.1) is 0 Å². The van der Waals surface area contributed by atoms with Crippen molar-refractivity contribution in [3.63, 3.8) is 0 Å². The fourth-order valence-corrected chi connectivity index (χ4v) is 5.45. The van der Waals surface area contributed by atoms with Gasteiger partial charge in [0.15, 0.2) is 9.84 Å². The largest absolute Gasteiger partial charge is 0.496 e. The molecule has 2 aromatic carbocycles. The SMILES string of the molecule is COc1cc(P(C)(C)=O)ccc1C1(N)N=CC(C)=C(Nc2ccccc2S(=O)(=O)C(C)C)N1. The average Bonchev–Trinajstić information content (AvgIpc) is 2.75. The van der Waals surface area contributed by atoms with Crippen LogP contribution >= 0.6 is 7.14 Å². The molecule has 1 aliphatic heterocycles. The Kier molecular flexibility index (Phi) is 6.80. The minimum absolute atomic E-state index is 0.204. The van der Waals surface area contributed by atoms with Crippen LogP contribution < -0.4 is 26.4 Å². The second-order valence-electron chi connectivity index (χ2n) is 8.66. The summed E-state index contributed by atoms with van der Waals surface area (Å²) in [5, 5.41) is 6.48. The van der Waals surface area contributed by atoms with Gasteiger partial charge in [-0.2, -0.15) is 0 Å². The highest BCUT2D eigenvalue weighted by molar-refractivity contribution is 7.92. The molecule has 4 N–H and O–H groups in total. The lowest BCUT2D eigenvalue weighted by molar-refractivity contribution is 0.354. The lowest BCUT2D eigenvalue weighted by Gasteiger charge is -2.34. The molecule has 0 amide bonds.